The van der Waals surface area contributed by atoms with Gasteiger partial charge in [0.1, 0.15) is 5.56 Å². The van der Waals surface area contributed by atoms with E-state index in [0.717, 1.165) is 16.6 Å². The standard InChI is InChI=1S/C19H16N2O4/c1-23-15-8-6-13-16(17(15)24-2)19(22)25-18(13)21-12-5-7-14-11(10-12)4-3-9-20-14/h3-10,18,21H,1-2H3. The monoisotopic (exact) mass is 336 g/mol. The summed E-state index contributed by atoms with van der Waals surface area (Å²) < 4.78 is 16.1. The topological polar surface area (TPSA) is 69.7 Å². The SMILES string of the molecule is COc1ccc2c(c1OC)C(=O)OC2Nc1ccc2ncccc2c1. The van der Waals surface area contributed by atoms with Gasteiger partial charge in [0.05, 0.1) is 19.7 Å². The largest absolute Gasteiger partial charge is 0.493 e. The third kappa shape index (κ3) is 2.52. The summed E-state index contributed by atoms with van der Waals surface area (Å²) in [4.78, 5) is 16.6. The Morgan fingerprint density at radius 2 is 2.00 bits per heavy atom. The number of fused-ring (bicyclic) bond motifs is 2. The van der Waals surface area contributed by atoms with Crippen LogP contribution >= 0.6 is 0 Å². The number of esters is 1. The average molecular weight is 336 g/mol. The van der Waals surface area contributed by atoms with Crippen LogP contribution in [0.25, 0.3) is 10.9 Å². The Morgan fingerprint density at radius 3 is 2.80 bits per heavy atom. The van der Waals surface area contributed by atoms with E-state index in [1.54, 1.807) is 12.3 Å². The fraction of sp³-hybridized carbons (Fsp3) is 0.158. The van der Waals surface area contributed by atoms with E-state index in [2.05, 4.69) is 10.3 Å². The van der Waals surface area contributed by atoms with Crippen LogP contribution in [0.5, 0.6) is 11.5 Å². The van der Waals surface area contributed by atoms with E-state index in [1.807, 2.05) is 36.4 Å². The number of hydrogen-bond acceptors (Lipinski definition) is 6. The van der Waals surface area contributed by atoms with E-state index < -0.39 is 12.2 Å². The summed E-state index contributed by atoms with van der Waals surface area (Å²) in [5.41, 5.74) is 2.85. The number of cyclic esters (lactones) is 1. The first-order valence-corrected chi connectivity index (χ1v) is 7.78. The molecule has 0 amide bonds. The molecule has 25 heavy (non-hydrogen) atoms. The summed E-state index contributed by atoms with van der Waals surface area (Å²) in [6, 6.07) is 13.2. The van der Waals surface area contributed by atoms with Crippen molar-refractivity contribution in [2.75, 3.05) is 19.5 Å². The number of anilines is 1. The number of methoxy groups -OCH3 is 2. The van der Waals surface area contributed by atoms with Gasteiger partial charge in [0.15, 0.2) is 11.5 Å². The van der Waals surface area contributed by atoms with Gasteiger partial charge in [-0.3, -0.25) is 4.98 Å². The van der Waals surface area contributed by atoms with Crippen molar-refractivity contribution in [3.8, 4) is 11.5 Å². The number of carbonyl (C=O) groups is 1. The first kappa shape index (κ1) is 15.3. The second-order valence-corrected chi connectivity index (χ2v) is 5.61. The first-order valence-electron chi connectivity index (χ1n) is 7.78. The number of carbonyl (C=O) groups excluding carboxylic acids is 1. The number of nitrogens with zero attached hydrogens (tertiary/aromatic N) is 1. The smallest absolute Gasteiger partial charge is 0.344 e. The lowest BCUT2D eigenvalue weighted by atomic mass is 10.1. The van der Waals surface area contributed by atoms with Crippen molar-refractivity contribution >= 4 is 22.6 Å². The zero-order valence-corrected chi connectivity index (χ0v) is 13.8. The molecule has 0 spiro atoms. The minimum absolute atomic E-state index is 0.386. The molecule has 1 aliphatic heterocycles. The first-order chi connectivity index (χ1) is 12.2. The molecule has 1 aromatic heterocycles. The van der Waals surface area contributed by atoms with Crippen LogP contribution in [-0.2, 0) is 4.74 Å². The van der Waals surface area contributed by atoms with Crippen LogP contribution in [0.15, 0.2) is 48.7 Å². The van der Waals surface area contributed by atoms with Crippen molar-refractivity contribution < 1.29 is 19.0 Å². The van der Waals surface area contributed by atoms with Crippen LogP contribution in [0.4, 0.5) is 5.69 Å². The summed E-state index contributed by atoms with van der Waals surface area (Å²) in [7, 11) is 3.03. The fourth-order valence-corrected chi connectivity index (χ4v) is 3.02. The lowest BCUT2D eigenvalue weighted by Gasteiger charge is -2.15. The Kier molecular flexibility index (Phi) is 3.65. The molecule has 0 saturated carbocycles. The van der Waals surface area contributed by atoms with Crippen molar-refractivity contribution in [1.82, 2.24) is 4.98 Å². The summed E-state index contributed by atoms with van der Waals surface area (Å²) in [5.74, 6) is 0.443. The van der Waals surface area contributed by atoms with Crippen molar-refractivity contribution in [1.29, 1.82) is 0 Å². The van der Waals surface area contributed by atoms with Crippen LogP contribution in [0, 0.1) is 0 Å². The third-order valence-corrected chi connectivity index (χ3v) is 4.19. The van der Waals surface area contributed by atoms with Crippen LogP contribution < -0.4 is 14.8 Å². The molecule has 0 bridgehead atoms. The molecule has 6 heteroatoms. The van der Waals surface area contributed by atoms with Gasteiger partial charge < -0.3 is 19.5 Å². The van der Waals surface area contributed by atoms with Gasteiger partial charge in [-0.1, -0.05) is 6.07 Å². The molecule has 1 aliphatic rings. The molecular weight excluding hydrogens is 320 g/mol. The highest BCUT2D eigenvalue weighted by Gasteiger charge is 2.35. The van der Waals surface area contributed by atoms with Gasteiger partial charge >= 0.3 is 5.97 Å². The fourth-order valence-electron chi connectivity index (χ4n) is 3.02. The number of rotatable bonds is 4. The predicted molar refractivity (Wildman–Crippen MR) is 93.1 cm³/mol. The molecule has 0 radical (unpaired) electrons. The molecule has 6 nitrogen and oxygen atoms in total. The summed E-state index contributed by atoms with van der Waals surface area (Å²) in [6.07, 6.45) is 1.17. The Morgan fingerprint density at radius 1 is 1.12 bits per heavy atom. The summed E-state index contributed by atoms with van der Waals surface area (Å²) >= 11 is 0. The molecule has 0 saturated heterocycles. The molecule has 2 heterocycles. The molecule has 1 unspecified atom stereocenters. The lowest BCUT2D eigenvalue weighted by Crippen LogP contribution is -2.10. The van der Waals surface area contributed by atoms with Gasteiger partial charge in [-0.15, -0.1) is 0 Å². The molecule has 0 aliphatic carbocycles. The Balaban J connectivity index is 1.70. The van der Waals surface area contributed by atoms with E-state index in [4.69, 9.17) is 14.2 Å². The van der Waals surface area contributed by atoms with Crippen molar-refractivity contribution in [2.24, 2.45) is 0 Å². The van der Waals surface area contributed by atoms with Gasteiger partial charge in [-0.2, -0.15) is 0 Å². The van der Waals surface area contributed by atoms with Crippen LogP contribution in [0.3, 0.4) is 0 Å². The van der Waals surface area contributed by atoms with Gasteiger partial charge in [-0.05, 0) is 36.4 Å². The van der Waals surface area contributed by atoms with Crippen LogP contribution in [0.1, 0.15) is 22.1 Å². The second-order valence-electron chi connectivity index (χ2n) is 5.61. The van der Waals surface area contributed by atoms with Crippen molar-refractivity contribution in [3.05, 3.63) is 59.8 Å². The summed E-state index contributed by atoms with van der Waals surface area (Å²) in [6.45, 7) is 0. The maximum Gasteiger partial charge on any atom is 0.344 e. The average Bonchev–Trinajstić information content (AvgIpc) is 2.96. The highest BCUT2D eigenvalue weighted by Crippen LogP contribution is 2.42. The number of benzene rings is 2. The van der Waals surface area contributed by atoms with E-state index in [-0.39, 0.29) is 0 Å². The Hall–Kier alpha value is -3.28. The maximum atomic E-state index is 12.3. The highest BCUT2D eigenvalue weighted by molar-refractivity contribution is 5.98. The van der Waals surface area contributed by atoms with E-state index >= 15 is 0 Å². The molecule has 2 aromatic carbocycles. The summed E-state index contributed by atoms with van der Waals surface area (Å²) in [5, 5.41) is 4.25. The predicted octanol–water partition coefficient (Wildman–Crippen LogP) is 3.53. The van der Waals surface area contributed by atoms with E-state index in [9.17, 15) is 4.79 Å². The third-order valence-electron chi connectivity index (χ3n) is 4.19. The molecule has 4 rings (SSSR count). The molecular formula is C19H16N2O4. The number of nitrogens with one attached hydrogen (secondary N) is 1. The zero-order valence-electron chi connectivity index (χ0n) is 13.8. The van der Waals surface area contributed by atoms with E-state index in [0.29, 0.717) is 22.6 Å². The van der Waals surface area contributed by atoms with Crippen LogP contribution in [-0.4, -0.2) is 25.2 Å². The Bertz CT molecular complexity index is 971. The zero-order chi connectivity index (χ0) is 17.4. The molecule has 3 aromatic rings. The van der Waals surface area contributed by atoms with Crippen LogP contribution in [0.2, 0.25) is 0 Å². The molecule has 1 atom stereocenters. The van der Waals surface area contributed by atoms with Crippen molar-refractivity contribution in [2.45, 2.75) is 6.23 Å². The maximum absolute atomic E-state index is 12.3. The van der Waals surface area contributed by atoms with Gasteiger partial charge in [0.25, 0.3) is 0 Å². The van der Waals surface area contributed by atoms with Crippen molar-refractivity contribution in [3.63, 3.8) is 0 Å². The highest BCUT2D eigenvalue weighted by atomic mass is 16.6. The minimum Gasteiger partial charge on any atom is -0.493 e. The molecule has 1 N–H and O–H groups in total. The van der Waals surface area contributed by atoms with E-state index in [1.165, 1.54) is 14.2 Å². The lowest BCUT2D eigenvalue weighted by molar-refractivity contribution is 0.0435. The van der Waals surface area contributed by atoms with Gasteiger partial charge in [0, 0.05) is 22.8 Å². The Labute approximate surface area is 144 Å². The number of ether oxygens (including phenoxy) is 3. The quantitative estimate of drug-likeness (QED) is 0.735. The molecule has 0 fully saturated rings. The van der Waals surface area contributed by atoms with Gasteiger partial charge in [0.2, 0.25) is 6.23 Å². The normalized spacial score (nSPS) is 15.6. The number of aromatic nitrogens is 1. The minimum atomic E-state index is -0.587. The van der Waals surface area contributed by atoms with Gasteiger partial charge in [-0.25, -0.2) is 4.79 Å². The number of pyridine rings is 1. The molecule has 126 valence electrons. The second kappa shape index (κ2) is 5.98. The number of hydrogen-bond donors (Lipinski definition) is 1.